The Morgan fingerprint density at radius 2 is 1.87 bits per heavy atom. The van der Waals surface area contributed by atoms with Crippen LogP contribution in [-0.4, -0.2) is 52.7 Å². The number of carbonyl (C=O) groups is 1. The van der Waals surface area contributed by atoms with Gasteiger partial charge in [0.1, 0.15) is 0 Å². The molecule has 0 spiro atoms. The maximum Gasteiger partial charge on any atom is 0.258 e. The van der Waals surface area contributed by atoms with E-state index < -0.39 is 9.84 Å². The summed E-state index contributed by atoms with van der Waals surface area (Å²) in [6.07, 6.45) is 0.436. The number of ether oxygens (including phenoxy) is 3. The number of methoxy groups -OCH3 is 2. The molecule has 0 aromatic heterocycles. The SMILES string of the molecule is COc1cc(C)cc(OC)c1OCC(=O)NC1CCS(=O)(=O)C1. The number of nitrogens with one attached hydrogen (secondary N) is 1. The van der Waals surface area contributed by atoms with Crippen LogP contribution in [0.5, 0.6) is 17.2 Å². The van der Waals surface area contributed by atoms with Crippen molar-refractivity contribution in [2.45, 2.75) is 19.4 Å². The maximum atomic E-state index is 11.9. The lowest BCUT2D eigenvalue weighted by molar-refractivity contribution is -0.123. The minimum absolute atomic E-state index is 0.0179. The van der Waals surface area contributed by atoms with E-state index in [1.807, 2.05) is 6.92 Å². The molecule has 1 amide bonds. The van der Waals surface area contributed by atoms with Crippen molar-refractivity contribution >= 4 is 15.7 Å². The van der Waals surface area contributed by atoms with E-state index in [0.717, 1.165) is 5.56 Å². The first-order valence-electron chi connectivity index (χ1n) is 7.20. The minimum atomic E-state index is -3.03. The van der Waals surface area contributed by atoms with Gasteiger partial charge < -0.3 is 19.5 Å². The lowest BCUT2D eigenvalue weighted by Gasteiger charge is -2.16. The van der Waals surface area contributed by atoms with Crippen molar-refractivity contribution in [2.24, 2.45) is 0 Å². The molecule has 1 heterocycles. The Balaban J connectivity index is 1.99. The van der Waals surface area contributed by atoms with Gasteiger partial charge in [-0.25, -0.2) is 8.42 Å². The van der Waals surface area contributed by atoms with E-state index in [4.69, 9.17) is 14.2 Å². The summed E-state index contributed by atoms with van der Waals surface area (Å²) in [4.78, 5) is 11.9. The summed E-state index contributed by atoms with van der Waals surface area (Å²) in [5.41, 5.74) is 0.937. The largest absolute Gasteiger partial charge is 0.493 e. The monoisotopic (exact) mass is 343 g/mol. The molecule has 8 heteroatoms. The van der Waals surface area contributed by atoms with Crippen molar-refractivity contribution in [3.63, 3.8) is 0 Å². The van der Waals surface area contributed by atoms with Crippen molar-refractivity contribution < 1.29 is 27.4 Å². The zero-order chi connectivity index (χ0) is 17.0. The average molecular weight is 343 g/mol. The molecule has 1 aromatic carbocycles. The lowest BCUT2D eigenvalue weighted by Crippen LogP contribution is -2.38. The number of carbonyl (C=O) groups excluding carboxylic acids is 1. The summed E-state index contributed by atoms with van der Waals surface area (Å²) in [5, 5.41) is 2.67. The van der Waals surface area contributed by atoms with Crippen LogP contribution in [-0.2, 0) is 14.6 Å². The first-order valence-corrected chi connectivity index (χ1v) is 9.02. The van der Waals surface area contributed by atoms with Crippen molar-refractivity contribution in [3.05, 3.63) is 17.7 Å². The predicted octanol–water partition coefficient (Wildman–Crippen LogP) is 0.694. The van der Waals surface area contributed by atoms with Gasteiger partial charge >= 0.3 is 0 Å². The number of rotatable bonds is 6. The summed E-state index contributed by atoms with van der Waals surface area (Å²) >= 11 is 0. The Morgan fingerprint density at radius 1 is 1.26 bits per heavy atom. The highest BCUT2D eigenvalue weighted by molar-refractivity contribution is 7.91. The second kappa shape index (κ2) is 7.08. The maximum absolute atomic E-state index is 11.9. The molecule has 1 unspecified atom stereocenters. The predicted molar refractivity (Wildman–Crippen MR) is 85.0 cm³/mol. The molecule has 1 fully saturated rings. The number of hydrogen-bond acceptors (Lipinski definition) is 6. The molecule has 1 aliphatic rings. The quantitative estimate of drug-likeness (QED) is 0.817. The van der Waals surface area contributed by atoms with E-state index >= 15 is 0 Å². The van der Waals surface area contributed by atoms with Crippen molar-refractivity contribution in [1.82, 2.24) is 5.32 Å². The summed E-state index contributed by atoms with van der Waals surface area (Å²) in [6, 6.07) is 3.21. The Bertz CT molecular complexity index is 660. The van der Waals surface area contributed by atoms with Crippen LogP contribution < -0.4 is 19.5 Å². The van der Waals surface area contributed by atoms with Crippen LogP contribution in [0.15, 0.2) is 12.1 Å². The van der Waals surface area contributed by atoms with E-state index in [9.17, 15) is 13.2 Å². The van der Waals surface area contributed by atoms with Crippen molar-refractivity contribution in [2.75, 3.05) is 32.3 Å². The van der Waals surface area contributed by atoms with Crippen molar-refractivity contribution in [1.29, 1.82) is 0 Å². The van der Waals surface area contributed by atoms with E-state index in [2.05, 4.69) is 5.32 Å². The van der Waals surface area contributed by atoms with Crippen molar-refractivity contribution in [3.8, 4) is 17.2 Å². The molecule has 1 N–H and O–H groups in total. The topological polar surface area (TPSA) is 90.9 Å². The second-order valence-corrected chi connectivity index (χ2v) is 7.68. The second-order valence-electron chi connectivity index (χ2n) is 5.45. The van der Waals surface area contributed by atoms with Gasteiger partial charge in [0.25, 0.3) is 5.91 Å². The van der Waals surface area contributed by atoms with Crippen LogP contribution in [0, 0.1) is 6.92 Å². The molecule has 0 saturated carbocycles. The van der Waals surface area contributed by atoms with Gasteiger partial charge in [-0.1, -0.05) is 0 Å². The number of sulfone groups is 1. The Morgan fingerprint density at radius 3 is 2.35 bits per heavy atom. The van der Waals surface area contributed by atoms with Gasteiger partial charge in [0.2, 0.25) is 5.75 Å². The molecule has 1 atom stereocenters. The molecule has 1 aliphatic heterocycles. The highest BCUT2D eigenvalue weighted by Gasteiger charge is 2.29. The van der Waals surface area contributed by atoms with Gasteiger partial charge in [0.05, 0.1) is 25.7 Å². The van der Waals surface area contributed by atoms with Gasteiger partial charge in [-0.2, -0.15) is 0 Å². The van der Waals surface area contributed by atoms with Gasteiger partial charge in [0.15, 0.2) is 27.9 Å². The molecule has 7 nitrogen and oxygen atoms in total. The lowest BCUT2D eigenvalue weighted by atomic mass is 10.2. The molecule has 0 bridgehead atoms. The fraction of sp³-hybridized carbons (Fsp3) is 0.533. The molecular formula is C15H21NO6S. The highest BCUT2D eigenvalue weighted by Crippen LogP contribution is 2.38. The molecule has 0 aliphatic carbocycles. The fourth-order valence-electron chi connectivity index (χ4n) is 2.47. The summed E-state index contributed by atoms with van der Waals surface area (Å²) in [6.45, 7) is 1.65. The summed E-state index contributed by atoms with van der Waals surface area (Å²) in [7, 11) is -0.0208. The Kier molecular flexibility index (Phi) is 5.35. The van der Waals surface area contributed by atoms with Gasteiger partial charge in [-0.05, 0) is 31.0 Å². The normalized spacial score (nSPS) is 19.2. The minimum Gasteiger partial charge on any atom is -0.493 e. The molecule has 2 rings (SSSR count). The van der Waals surface area contributed by atoms with Crippen LogP contribution in [0.1, 0.15) is 12.0 Å². The third-order valence-corrected chi connectivity index (χ3v) is 5.32. The molecule has 1 saturated heterocycles. The Hall–Kier alpha value is -1.96. The molecule has 128 valence electrons. The summed E-state index contributed by atoms with van der Waals surface area (Å²) in [5.74, 6) is 0.997. The van der Waals surface area contributed by atoms with E-state index in [-0.39, 0.29) is 30.1 Å². The first kappa shape index (κ1) is 17.4. The van der Waals surface area contributed by atoms with E-state index in [0.29, 0.717) is 23.7 Å². The van der Waals surface area contributed by atoms with Gasteiger partial charge in [-0.15, -0.1) is 0 Å². The molecule has 0 radical (unpaired) electrons. The highest BCUT2D eigenvalue weighted by atomic mass is 32.2. The van der Waals surface area contributed by atoms with Crippen LogP contribution >= 0.6 is 0 Å². The molecule has 1 aromatic rings. The number of hydrogen-bond donors (Lipinski definition) is 1. The third kappa shape index (κ3) is 4.51. The standard InChI is InChI=1S/C15H21NO6S/c1-10-6-12(20-2)15(13(7-10)21-3)22-8-14(17)16-11-4-5-23(18,19)9-11/h6-7,11H,4-5,8-9H2,1-3H3,(H,16,17). The summed E-state index contributed by atoms with van der Waals surface area (Å²) < 4.78 is 38.8. The van der Waals surface area contributed by atoms with E-state index in [1.165, 1.54) is 14.2 Å². The number of amides is 1. The van der Waals surface area contributed by atoms with Gasteiger partial charge in [-0.3, -0.25) is 4.79 Å². The zero-order valence-corrected chi connectivity index (χ0v) is 14.2. The average Bonchev–Trinajstić information content (AvgIpc) is 2.83. The molecular weight excluding hydrogens is 322 g/mol. The zero-order valence-electron chi connectivity index (χ0n) is 13.4. The van der Waals surface area contributed by atoms with E-state index in [1.54, 1.807) is 12.1 Å². The number of benzene rings is 1. The first-order chi connectivity index (χ1) is 10.8. The fourth-order valence-corrected chi connectivity index (χ4v) is 4.14. The van der Waals surface area contributed by atoms with Crippen LogP contribution in [0.25, 0.3) is 0 Å². The Labute approximate surface area is 135 Å². The third-order valence-electron chi connectivity index (χ3n) is 3.55. The van der Waals surface area contributed by atoms with Crippen LogP contribution in [0.4, 0.5) is 0 Å². The van der Waals surface area contributed by atoms with Crippen LogP contribution in [0.3, 0.4) is 0 Å². The molecule has 23 heavy (non-hydrogen) atoms. The smallest absolute Gasteiger partial charge is 0.258 e. The van der Waals surface area contributed by atoms with Crippen LogP contribution in [0.2, 0.25) is 0 Å². The van der Waals surface area contributed by atoms with Gasteiger partial charge in [0, 0.05) is 6.04 Å². The number of aryl methyl sites for hydroxylation is 1.